The van der Waals surface area contributed by atoms with Crippen LogP contribution in [-0.4, -0.2) is 19.7 Å². The largest absolute Gasteiger partial charge is 0.267 e. The lowest BCUT2D eigenvalue weighted by Crippen LogP contribution is -1.94. The van der Waals surface area contributed by atoms with Gasteiger partial charge in [0.05, 0.1) is 17.6 Å². The Morgan fingerprint density at radius 2 is 1.89 bits per heavy atom. The molecule has 3 aromatic heterocycles. The zero-order chi connectivity index (χ0) is 13.2. The first kappa shape index (κ1) is 11.5. The SMILES string of the molecule is Cn1nc(-c2cccnc2)cc1-c1cncc(F)c1. The van der Waals surface area contributed by atoms with Crippen molar-refractivity contribution in [3.8, 4) is 22.5 Å². The maximum absolute atomic E-state index is 13.2. The lowest BCUT2D eigenvalue weighted by Gasteiger charge is -2.00. The molecule has 0 radical (unpaired) electrons. The second-order valence-electron chi connectivity index (χ2n) is 4.17. The second-order valence-corrected chi connectivity index (χ2v) is 4.17. The number of aryl methyl sites for hydroxylation is 1. The molecule has 0 spiro atoms. The lowest BCUT2D eigenvalue weighted by atomic mass is 10.1. The Morgan fingerprint density at radius 3 is 2.63 bits per heavy atom. The van der Waals surface area contributed by atoms with Gasteiger partial charge in [0, 0.05) is 36.8 Å². The molecule has 0 aliphatic carbocycles. The highest BCUT2D eigenvalue weighted by molar-refractivity contribution is 5.67. The zero-order valence-corrected chi connectivity index (χ0v) is 10.3. The fraction of sp³-hybridized carbons (Fsp3) is 0.0714. The summed E-state index contributed by atoms with van der Waals surface area (Å²) in [6, 6.07) is 7.13. The molecule has 0 fully saturated rings. The number of hydrogen-bond donors (Lipinski definition) is 0. The monoisotopic (exact) mass is 254 g/mol. The van der Waals surface area contributed by atoms with E-state index in [9.17, 15) is 4.39 Å². The zero-order valence-electron chi connectivity index (χ0n) is 10.3. The molecular weight excluding hydrogens is 243 g/mol. The van der Waals surface area contributed by atoms with Crippen LogP contribution in [0.15, 0.2) is 49.1 Å². The first-order valence-corrected chi connectivity index (χ1v) is 5.79. The van der Waals surface area contributed by atoms with Gasteiger partial charge in [0.15, 0.2) is 0 Å². The number of rotatable bonds is 2. The van der Waals surface area contributed by atoms with Gasteiger partial charge in [-0.05, 0) is 24.3 Å². The Balaban J connectivity index is 2.08. The average Bonchev–Trinajstić information content (AvgIpc) is 2.82. The van der Waals surface area contributed by atoms with Crippen molar-refractivity contribution in [2.24, 2.45) is 7.05 Å². The molecule has 5 heteroatoms. The maximum atomic E-state index is 13.2. The Bertz CT molecular complexity index is 706. The van der Waals surface area contributed by atoms with Crippen LogP contribution in [0.4, 0.5) is 4.39 Å². The van der Waals surface area contributed by atoms with Gasteiger partial charge in [0.1, 0.15) is 5.82 Å². The molecule has 0 atom stereocenters. The molecule has 94 valence electrons. The summed E-state index contributed by atoms with van der Waals surface area (Å²) >= 11 is 0. The van der Waals surface area contributed by atoms with Gasteiger partial charge in [-0.1, -0.05) is 0 Å². The molecule has 3 rings (SSSR count). The van der Waals surface area contributed by atoms with Crippen molar-refractivity contribution >= 4 is 0 Å². The van der Waals surface area contributed by atoms with Crippen LogP contribution in [0.5, 0.6) is 0 Å². The van der Waals surface area contributed by atoms with Gasteiger partial charge in [-0.3, -0.25) is 14.6 Å². The molecule has 3 aromatic rings. The minimum absolute atomic E-state index is 0.360. The van der Waals surface area contributed by atoms with E-state index >= 15 is 0 Å². The van der Waals surface area contributed by atoms with E-state index in [4.69, 9.17) is 0 Å². The molecule has 0 aromatic carbocycles. The smallest absolute Gasteiger partial charge is 0.142 e. The van der Waals surface area contributed by atoms with Crippen LogP contribution >= 0.6 is 0 Å². The highest BCUT2D eigenvalue weighted by Crippen LogP contribution is 2.24. The van der Waals surface area contributed by atoms with Crippen LogP contribution in [0.1, 0.15) is 0 Å². The van der Waals surface area contributed by atoms with E-state index in [2.05, 4.69) is 15.1 Å². The minimum Gasteiger partial charge on any atom is -0.267 e. The summed E-state index contributed by atoms with van der Waals surface area (Å²) in [5, 5.41) is 4.41. The predicted molar refractivity (Wildman–Crippen MR) is 69.6 cm³/mol. The summed E-state index contributed by atoms with van der Waals surface area (Å²) in [6.45, 7) is 0. The Morgan fingerprint density at radius 1 is 1.05 bits per heavy atom. The van der Waals surface area contributed by atoms with Crippen molar-refractivity contribution in [1.29, 1.82) is 0 Å². The third-order valence-electron chi connectivity index (χ3n) is 2.84. The van der Waals surface area contributed by atoms with Crippen LogP contribution < -0.4 is 0 Å². The third kappa shape index (κ3) is 2.22. The number of aromatic nitrogens is 4. The molecular formula is C14H11FN4. The number of nitrogens with zero attached hydrogens (tertiary/aromatic N) is 4. The Labute approximate surface area is 109 Å². The highest BCUT2D eigenvalue weighted by atomic mass is 19.1. The van der Waals surface area contributed by atoms with Crippen molar-refractivity contribution in [2.45, 2.75) is 0 Å². The molecule has 0 aliphatic rings. The van der Waals surface area contributed by atoms with E-state index in [-0.39, 0.29) is 5.82 Å². The summed E-state index contributed by atoms with van der Waals surface area (Å²) < 4.78 is 14.9. The standard InChI is InChI=1S/C14H11FN4/c1-19-14(11-5-12(15)9-17-8-11)6-13(18-19)10-3-2-4-16-7-10/h2-9H,1H3. The van der Waals surface area contributed by atoms with Crippen LogP contribution in [0.3, 0.4) is 0 Å². The van der Waals surface area contributed by atoms with E-state index < -0.39 is 0 Å². The molecule has 0 amide bonds. The average molecular weight is 254 g/mol. The van der Waals surface area contributed by atoms with Gasteiger partial charge in [-0.2, -0.15) is 5.10 Å². The predicted octanol–water partition coefficient (Wildman–Crippen LogP) is 2.68. The van der Waals surface area contributed by atoms with E-state index in [0.29, 0.717) is 5.56 Å². The van der Waals surface area contributed by atoms with E-state index in [0.717, 1.165) is 17.0 Å². The molecule has 0 unspecified atom stereocenters. The molecule has 0 saturated carbocycles. The van der Waals surface area contributed by atoms with Gasteiger partial charge in [0.2, 0.25) is 0 Å². The van der Waals surface area contributed by atoms with Gasteiger partial charge in [-0.25, -0.2) is 4.39 Å². The fourth-order valence-electron chi connectivity index (χ4n) is 1.94. The van der Waals surface area contributed by atoms with Crippen molar-refractivity contribution in [3.05, 3.63) is 54.9 Å². The van der Waals surface area contributed by atoms with Gasteiger partial charge >= 0.3 is 0 Å². The van der Waals surface area contributed by atoms with Crippen LogP contribution in [0.2, 0.25) is 0 Å². The summed E-state index contributed by atoms with van der Waals surface area (Å²) in [5.74, 6) is -0.360. The molecule has 0 saturated heterocycles. The normalized spacial score (nSPS) is 10.6. The Hall–Kier alpha value is -2.56. The molecule has 0 aliphatic heterocycles. The van der Waals surface area contributed by atoms with Gasteiger partial charge < -0.3 is 0 Å². The molecule has 0 N–H and O–H groups in total. The molecule has 0 bridgehead atoms. The summed E-state index contributed by atoms with van der Waals surface area (Å²) in [7, 11) is 1.82. The van der Waals surface area contributed by atoms with Gasteiger partial charge in [-0.15, -0.1) is 0 Å². The second kappa shape index (κ2) is 4.61. The van der Waals surface area contributed by atoms with Gasteiger partial charge in [0.25, 0.3) is 0 Å². The molecule has 3 heterocycles. The number of hydrogen-bond acceptors (Lipinski definition) is 3. The van der Waals surface area contributed by atoms with Crippen molar-refractivity contribution in [2.75, 3.05) is 0 Å². The Kier molecular flexibility index (Phi) is 2.79. The molecule has 19 heavy (non-hydrogen) atoms. The summed E-state index contributed by atoms with van der Waals surface area (Å²) in [6.07, 6.45) is 6.26. The summed E-state index contributed by atoms with van der Waals surface area (Å²) in [4.78, 5) is 7.92. The third-order valence-corrected chi connectivity index (χ3v) is 2.84. The fourth-order valence-corrected chi connectivity index (χ4v) is 1.94. The van der Waals surface area contributed by atoms with E-state index in [1.54, 1.807) is 23.3 Å². The first-order valence-electron chi connectivity index (χ1n) is 5.79. The van der Waals surface area contributed by atoms with E-state index in [1.807, 2.05) is 25.2 Å². The highest BCUT2D eigenvalue weighted by Gasteiger charge is 2.10. The van der Waals surface area contributed by atoms with Crippen LogP contribution in [0.25, 0.3) is 22.5 Å². The van der Waals surface area contributed by atoms with Crippen molar-refractivity contribution in [1.82, 2.24) is 19.7 Å². The van der Waals surface area contributed by atoms with Crippen molar-refractivity contribution < 1.29 is 4.39 Å². The van der Waals surface area contributed by atoms with Crippen LogP contribution in [-0.2, 0) is 7.05 Å². The number of halogens is 1. The minimum atomic E-state index is -0.360. The van der Waals surface area contributed by atoms with Crippen LogP contribution in [0, 0.1) is 5.82 Å². The molecule has 4 nitrogen and oxygen atoms in total. The first-order chi connectivity index (χ1) is 9.24. The quantitative estimate of drug-likeness (QED) is 0.706. The summed E-state index contributed by atoms with van der Waals surface area (Å²) in [5.41, 5.74) is 3.24. The maximum Gasteiger partial charge on any atom is 0.142 e. The van der Waals surface area contributed by atoms with E-state index in [1.165, 1.54) is 12.3 Å². The van der Waals surface area contributed by atoms with Crippen molar-refractivity contribution in [3.63, 3.8) is 0 Å². The topological polar surface area (TPSA) is 43.6 Å². The number of pyridine rings is 2. The lowest BCUT2D eigenvalue weighted by molar-refractivity contribution is 0.621.